The van der Waals surface area contributed by atoms with Crippen LogP contribution in [0.4, 0.5) is 10.1 Å². The third kappa shape index (κ3) is 4.06. The van der Waals surface area contributed by atoms with Gasteiger partial charge in [-0.1, -0.05) is 29.3 Å². The van der Waals surface area contributed by atoms with Gasteiger partial charge in [-0.25, -0.2) is 17.7 Å². The Kier molecular flexibility index (Phi) is 6.09. The number of anilines is 1. The van der Waals surface area contributed by atoms with E-state index in [9.17, 15) is 22.4 Å². The van der Waals surface area contributed by atoms with Gasteiger partial charge in [-0.2, -0.15) is 4.31 Å². The highest BCUT2D eigenvalue weighted by Gasteiger charge is 2.46. The van der Waals surface area contributed by atoms with Gasteiger partial charge < -0.3 is 0 Å². The van der Waals surface area contributed by atoms with Crippen LogP contribution in [0.15, 0.2) is 60.0 Å². The van der Waals surface area contributed by atoms with Crippen molar-refractivity contribution in [3.63, 3.8) is 0 Å². The molecule has 0 saturated carbocycles. The van der Waals surface area contributed by atoms with Crippen LogP contribution in [0.1, 0.15) is 6.42 Å². The van der Waals surface area contributed by atoms with Crippen molar-refractivity contribution in [1.29, 1.82) is 0 Å². The number of hydrogen-bond acceptors (Lipinski definition) is 4. The first kappa shape index (κ1) is 21.4. The van der Waals surface area contributed by atoms with Gasteiger partial charge in [-0.15, -0.1) is 6.58 Å². The predicted octanol–water partition coefficient (Wildman–Crippen LogP) is 3.64. The van der Waals surface area contributed by atoms with Crippen LogP contribution in [-0.4, -0.2) is 37.1 Å². The standard InChI is InChI=1S/C19H15Cl2FN2O4S/c1-2-9-23(29(27,28)17-10-12(20)3-8-15(17)21)16-11-18(25)24(19(16)26)14-6-4-13(22)5-7-14/h2-8,10,16H,1,9,11H2. The molecule has 6 nitrogen and oxygen atoms in total. The highest BCUT2D eigenvalue weighted by molar-refractivity contribution is 7.89. The fraction of sp³-hybridized carbons (Fsp3) is 0.158. The number of imide groups is 1. The van der Waals surface area contributed by atoms with Crippen LogP contribution >= 0.6 is 23.2 Å². The fourth-order valence-corrected chi connectivity index (χ4v) is 5.31. The molecule has 1 aliphatic rings. The van der Waals surface area contributed by atoms with Crippen molar-refractivity contribution in [2.75, 3.05) is 11.4 Å². The van der Waals surface area contributed by atoms with Crippen LogP contribution in [0, 0.1) is 5.82 Å². The van der Waals surface area contributed by atoms with Gasteiger partial charge in [0.2, 0.25) is 15.9 Å². The van der Waals surface area contributed by atoms with Crippen LogP contribution in [0.2, 0.25) is 10.0 Å². The molecular formula is C19H15Cl2FN2O4S. The van der Waals surface area contributed by atoms with Gasteiger partial charge in [0.1, 0.15) is 16.8 Å². The molecule has 2 aromatic rings. The van der Waals surface area contributed by atoms with E-state index in [4.69, 9.17) is 23.2 Å². The van der Waals surface area contributed by atoms with Crippen LogP contribution in [0.5, 0.6) is 0 Å². The lowest BCUT2D eigenvalue weighted by molar-refractivity contribution is -0.122. The Morgan fingerprint density at radius 1 is 1.17 bits per heavy atom. The molecule has 1 aliphatic heterocycles. The number of nitrogens with zero attached hydrogens (tertiary/aromatic N) is 2. The van der Waals surface area contributed by atoms with E-state index in [1.165, 1.54) is 36.4 Å². The average molecular weight is 457 g/mol. The Morgan fingerprint density at radius 3 is 2.45 bits per heavy atom. The lowest BCUT2D eigenvalue weighted by atomic mass is 10.2. The van der Waals surface area contributed by atoms with Crippen LogP contribution < -0.4 is 4.90 Å². The number of sulfonamides is 1. The third-order valence-electron chi connectivity index (χ3n) is 4.34. The quantitative estimate of drug-likeness (QED) is 0.491. The van der Waals surface area contributed by atoms with Gasteiger partial charge in [-0.05, 0) is 42.5 Å². The molecule has 1 heterocycles. The summed E-state index contributed by atoms with van der Waals surface area (Å²) in [5.74, 6) is -1.88. The Labute approximate surface area is 177 Å². The molecule has 1 fully saturated rings. The highest BCUT2D eigenvalue weighted by Crippen LogP contribution is 2.32. The second kappa shape index (κ2) is 8.23. The molecule has 0 aliphatic carbocycles. The number of carbonyl (C=O) groups is 2. The summed E-state index contributed by atoms with van der Waals surface area (Å²) < 4.78 is 40.5. The first-order valence-corrected chi connectivity index (χ1v) is 10.6. The first-order valence-electron chi connectivity index (χ1n) is 8.37. The Hall–Kier alpha value is -2.26. The molecular weight excluding hydrogens is 442 g/mol. The second-order valence-corrected chi connectivity index (χ2v) is 8.90. The number of amides is 2. The minimum atomic E-state index is -4.28. The number of rotatable bonds is 6. The largest absolute Gasteiger partial charge is 0.274 e. The molecule has 2 aromatic carbocycles. The van der Waals surface area contributed by atoms with E-state index in [0.717, 1.165) is 21.3 Å². The van der Waals surface area contributed by atoms with Gasteiger partial charge in [0.25, 0.3) is 5.91 Å². The second-order valence-electron chi connectivity index (χ2n) is 6.20. The van der Waals surface area contributed by atoms with Gasteiger partial charge in [0.15, 0.2) is 0 Å². The Balaban J connectivity index is 2.02. The zero-order valence-corrected chi connectivity index (χ0v) is 17.2. The third-order valence-corrected chi connectivity index (χ3v) is 6.94. The maximum absolute atomic E-state index is 13.2. The maximum atomic E-state index is 13.2. The molecule has 29 heavy (non-hydrogen) atoms. The van der Waals surface area contributed by atoms with Crippen LogP contribution in [0.25, 0.3) is 0 Å². The monoisotopic (exact) mass is 456 g/mol. The van der Waals surface area contributed by atoms with E-state index in [0.29, 0.717) is 0 Å². The van der Waals surface area contributed by atoms with E-state index >= 15 is 0 Å². The van der Waals surface area contributed by atoms with Crippen molar-refractivity contribution >= 4 is 50.7 Å². The molecule has 0 N–H and O–H groups in total. The van der Waals surface area contributed by atoms with Gasteiger partial charge in [0, 0.05) is 11.6 Å². The molecule has 0 radical (unpaired) electrons. The number of hydrogen-bond donors (Lipinski definition) is 0. The lowest BCUT2D eigenvalue weighted by Gasteiger charge is -2.26. The first-order chi connectivity index (χ1) is 13.7. The van der Waals surface area contributed by atoms with E-state index in [2.05, 4.69) is 6.58 Å². The molecule has 0 bridgehead atoms. The van der Waals surface area contributed by atoms with E-state index in [1.807, 2.05) is 0 Å². The molecule has 1 unspecified atom stereocenters. The number of benzene rings is 2. The molecule has 152 valence electrons. The molecule has 0 aromatic heterocycles. The fourth-order valence-electron chi connectivity index (χ4n) is 3.02. The summed E-state index contributed by atoms with van der Waals surface area (Å²) in [6.45, 7) is 3.30. The molecule has 1 atom stereocenters. The average Bonchev–Trinajstić information content (AvgIpc) is 2.96. The van der Waals surface area contributed by atoms with Crippen molar-refractivity contribution in [3.8, 4) is 0 Å². The molecule has 10 heteroatoms. The van der Waals surface area contributed by atoms with Gasteiger partial charge >= 0.3 is 0 Å². The summed E-state index contributed by atoms with van der Waals surface area (Å²) >= 11 is 12.0. The van der Waals surface area contributed by atoms with Crippen molar-refractivity contribution in [3.05, 3.63) is 71.0 Å². The summed E-state index contributed by atoms with van der Waals surface area (Å²) in [5, 5.41) is 0.0731. The summed E-state index contributed by atoms with van der Waals surface area (Å²) in [4.78, 5) is 26.0. The predicted molar refractivity (Wildman–Crippen MR) is 108 cm³/mol. The molecule has 3 rings (SSSR count). The molecule has 0 spiro atoms. The zero-order valence-electron chi connectivity index (χ0n) is 14.9. The van der Waals surface area contributed by atoms with E-state index in [-0.39, 0.29) is 33.6 Å². The SMILES string of the molecule is C=CCN(C1CC(=O)N(c2ccc(F)cc2)C1=O)S(=O)(=O)c1cc(Cl)ccc1Cl. The van der Waals surface area contributed by atoms with Crippen molar-refractivity contribution in [2.45, 2.75) is 17.4 Å². The number of carbonyl (C=O) groups excluding carboxylic acids is 2. The zero-order chi connectivity index (χ0) is 21.3. The molecule has 1 saturated heterocycles. The minimum Gasteiger partial charge on any atom is -0.274 e. The number of halogens is 3. The summed E-state index contributed by atoms with van der Waals surface area (Å²) in [5.41, 5.74) is 0.153. The van der Waals surface area contributed by atoms with E-state index < -0.39 is 33.7 Å². The van der Waals surface area contributed by atoms with Crippen LogP contribution in [0.3, 0.4) is 0 Å². The maximum Gasteiger partial charge on any atom is 0.252 e. The smallest absolute Gasteiger partial charge is 0.252 e. The molecule has 2 amide bonds. The van der Waals surface area contributed by atoms with Gasteiger partial charge in [-0.3, -0.25) is 9.59 Å². The minimum absolute atomic E-state index is 0.0735. The summed E-state index contributed by atoms with van der Waals surface area (Å²) in [7, 11) is -4.28. The lowest BCUT2D eigenvalue weighted by Crippen LogP contribution is -2.45. The van der Waals surface area contributed by atoms with Crippen molar-refractivity contribution < 1.29 is 22.4 Å². The summed E-state index contributed by atoms with van der Waals surface area (Å²) in [6.07, 6.45) is 0.926. The van der Waals surface area contributed by atoms with Crippen LogP contribution in [-0.2, 0) is 19.6 Å². The van der Waals surface area contributed by atoms with Crippen molar-refractivity contribution in [1.82, 2.24) is 4.31 Å². The Morgan fingerprint density at radius 2 is 1.83 bits per heavy atom. The topological polar surface area (TPSA) is 74.8 Å². The summed E-state index contributed by atoms with van der Waals surface area (Å²) in [6, 6.07) is 7.39. The van der Waals surface area contributed by atoms with Crippen molar-refractivity contribution in [2.24, 2.45) is 0 Å². The Bertz CT molecular complexity index is 1090. The normalized spacial score (nSPS) is 17.2. The van der Waals surface area contributed by atoms with E-state index in [1.54, 1.807) is 0 Å². The van der Waals surface area contributed by atoms with Gasteiger partial charge in [0.05, 0.1) is 17.1 Å². The highest BCUT2D eigenvalue weighted by atomic mass is 35.5.